The van der Waals surface area contributed by atoms with E-state index < -0.39 is 9.84 Å². The maximum absolute atomic E-state index is 11.4. The van der Waals surface area contributed by atoms with Crippen molar-refractivity contribution < 1.29 is 8.42 Å². The van der Waals surface area contributed by atoms with Gasteiger partial charge in [0.2, 0.25) is 0 Å². The van der Waals surface area contributed by atoms with E-state index in [1.165, 1.54) is 12.8 Å². The Kier molecular flexibility index (Phi) is 4.74. The van der Waals surface area contributed by atoms with E-state index in [-0.39, 0.29) is 0 Å². The van der Waals surface area contributed by atoms with Gasteiger partial charge in [0.05, 0.1) is 11.5 Å². The van der Waals surface area contributed by atoms with Gasteiger partial charge in [0.25, 0.3) is 0 Å². The zero-order valence-corrected chi connectivity index (χ0v) is 11.9. The third-order valence-corrected chi connectivity index (χ3v) is 5.68. The van der Waals surface area contributed by atoms with Crippen LogP contribution in [0.3, 0.4) is 0 Å². The van der Waals surface area contributed by atoms with Crippen LogP contribution >= 0.6 is 12.6 Å². The van der Waals surface area contributed by atoms with Crippen molar-refractivity contribution in [2.24, 2.45) is 0 Å². The molecule has 0 aromatic carbocycles. The van der Waals surface area contributed by atoms with Gasteiger partial charge in [-0.15, -0.1) is 0 Å². The topological polar surface area (TPSA) is 40.6 Å². The van der Waals surface area contributed by atoms with Crippen LogP contribution in [-0.2, 0) is 9.84 Å². The molecule has 0 amide bonds. The number of hydrogen-bond donors (Lipinski definition) is 1. The molecule has 17 heavy (non-hydrogen) atoms. The summed E-state index contributed by atoms with van der Waals surface area (Å²) < 4.78 is 22.7. The number of piperidine rings is 1. The molecule has 0 unspecified atom stereocenters. The molecule has 2 heterocycles. The first-order valence-corrected chi connectivity index (χ1v) is 8.84. The molecule has 0 aromatic heterocycles. The molecule has 100 valence electrons. The molecule has 2 saturated heterocycles. The largest absolute Gasteiger partial charge is 0.302 e. The fraction of sp³-hybridized carbons (Fsp3) is 1.00. The minimum Gasteiger partial charge on any atom is -0.302 e. The molecule has 0 bridgehead atoms. The van der Waals surface area contributed by atoms with Crippen LogP contribution in [0.25, 0.3) is 0 Å². The highest BCUT2D eigenvalue weighted by atomic mass is 32.2. The number of hydrogen-bond acceptors (Lipinski definition) is 5. The van der Waals surface area contributed by atoms with E-state index in [1.54, 1.807) is 0 Å². The first-order chi connectivity index (χ1) is 8.11. The van der Waals surface area contributed by atoms with Crippen LogP contribution in [0.5, 0.6) is 0 Å². The maximum atomic E-state index is 11.4. The van der Waals surface area contributed by atoms with Gasteiger partial charge in [0.15, 0.2) is 9.84 Å². The van der Waals surface area contributed by atoms with Crippen molar-refractivity contribution in [2.75, 3.05) is 50.0 Å². The van der Waals surface area contributed by atoms with Gasteiger partial charge in [0, 0.05) is 31.4 Å². The van der Waals surface area contributed by atoms with Crippen molar-refractivity contribution in [1.82, 2.24) is 9.80 Å². The fourth-order valence-corrected chi connectivity index (χ4v) is 4.25. The van der Waals surface area contributed by atoms with E-state index in [9.17, 15) is 8.42 Å². The Morgan fingerprint density at radius 3 is 2.18 bits per heavy atom. The van der Waals surface area contributed by atoms with Crippen LogP contribution in [0.2, 0.25) is 0 Å². The zero-order chi connectivity index (χ0) is 12.3. The van der Waals surface area contributed by atoms with Gasteiger partial charge >= 0.3 is 0 Å². The summed E-state index contributed by atoms with van der Waals surface area (Å²) in [5.41, 5.74) is 0. The summed E-state index contributed by atoms with van der Waals surface area (Å²) in [6.07, 6.45) is 2.35. The van der Waals surface area contributed by atoms with Crippen molar-refractivity contribution in [3.05, 3.63) is 0 Å². The van der Waals surface area contributed by atoms with Gasteiger partial charge in [-0.2, -0.15) is 12.6 Å². The van der Waals surface area contributed by atoms with Gasteiger partial charge in [-0.3, -0.25) is 4.90 Å². The highest BCUT2D eigenvalue weighted by Gasteiger charge is 2.29. The van der Waals surface area contributed by atoms with E-state index in [2.05, 4.69) is 22.4 Å². The molecule has 2 rings (SSSR count). The fourth-order valence-electron chi connectivity index (χ4n) is 2.74. The lowest BCUT2D eigenvalue weighted by molar-refractivity contribution is 0.119. The van der Waals surface area contributed by atoms with Gasteiger partial charge in [0.1, 0.15) is 0 Å². The second-order valence-electron chi connectivity index (χ2n) is 4.98. The Labute approximate surface area is 110 Å². The second kappa shape index (κ2) is 5.91. The third kappa shape index (κ3) is 3.84. The second-order valence-corrected chi connectivity index (χ2v) is 7.74. The van der Waals surface area contributed by atoms with E-state index >= 15 is 0 Å². The Bertz CT molecular complexity index is 323. The highest BCUT2D eigenvalue weighted by Crippen LogP contribution is 2.18. The summed E-state index contributed by atoms with van der Waals surface area (Å²) in [7, 11) is -2.74. The summed E-state index contributed by atoms with van der Waals surface area (Å²) in [5.74, 6) is 1.63. The number of thiol groups is 1. The van der Waals surface area contributed by atoms with Gasteiger partial charge in [-0.25, -0.2) is 8.42 Å². The Hall–Kier alpha value is 0.220. The number of nitrogens with zero attached hydrogens (tertiary/aromatic N) is 2. The quantitative estimate of drug-likeness (QED) is 0.744. The van der Waals surface area contributed by atoms with Crippen molar-refractivity contribution in [3.8, 4) is 0 Å². The molecule has 4 nitrogen and oxygen atoms in total. The summed E-state index contributed by atoms with van der Waals surface area (Å²) >= 11 is 4.26. The molecule has 2 fully saturated rings. The van der Waals surface area contributed by atoms with Crippen molar-refractivity contribution >= 4 is 22.5 Å². The Balaban J connectivity index is 1.78. The zero-order valence-electron chi connectivity index (χ0n) is 10.2. The SMILES string of the molecule is O=S1(=O)CCN(C2CCN(CCS)CC2)CC1. The number of sulfone groups is 1. The van der Waals surface area contributed by atoms with E-state index in [0.717, 1.165) is 38.5 Å². The molecule has 2 aliphatic heterocycles. The normalized spacial score (nSPS) is 28.3. The van der Waals surface area contributed by atoms with Crippen LogP contribution in [-0.4, -0.2) is 74.2 Å². The first-order valence-electron chi connectivity index (χ1n) is 6.38. The molecule has 0 radical (unpaired) electrons. The lowest BCUT2D eigenvalue weighted by Gasteiger charge is -2.39. The van der Waals surface area contributed by atoms with Gasteiger partial charge < -0.3 is 4.90 Å². The van der Waals surface area contributed by atoms with E-state index in [1.807, 2.05) is 0 Å². The third-order valence-electron chi connectivity index (χ3n) is 3.87. The van der Waals surface area contributed by atoms with Gasteiger partial charge in [-0.1, -0.05) is 0 Å². The predicted octanol–water partition coefficient (Wildman–Crippen LogP) is 0.111. The molecule has 0 spiro atoms. The summed E-state index contributed by atoms with van der Waals surface area (Å²) in [5, 5.41) is 0. The van der Waals surface area contributed by atoms with Crippen LogP contribution < -0.4 is 0 Å². The van der Waals surface area contributed by atoms with Crippen LogP contribution in [0.4, 0.5) is 0 Å². The van der Waals surface area contributed by atoms with Crippen molar-refractivity contribution in [2.45, 2.75) is 18.9 Å². The summed E-state index contributed by atoms with van der Waals surface area (Å²) in [4.78, 5) is 4.82. The minimum absolute atomic E-state index is 0.351. The Morgan fingerprint density at radius 1 is 1.06 bits per heavy atom. The molecule has 0 aromatic rings. The predicted molar refractivity (Wildman–Crippen MR) is 73.5 cm³/mol. The average Bonchev–Trinajstić information content (AvgIpc) is 2.31. The molecule has 0 N–H and O–H groups in total. The average molecular weight is 278 g/mol. The monoisotopic (exact) mass is 278 g/mol. The number of rotatable bonds is 3. The molecule has 0 atom stereocenters. The maximum Gasteiger partial charge on any atom is 0.152 e. The summed E-state index contributed by atoms with van der Waals surface area (Å²) in [6, 6.07) is 0.599. The lowest BCUT2D eigenvalue weighted by atomic mass is 10.0. The lowest BCUT2D eigenvalue weighted by Crippen LogP contribution is -2.50. The van der Waals surface area contributed by atoms with Crippen LogP contribution in [0, 0.1) is 0 Å². The van der Waals surface area contributed by atoms with E-state index in [4.69, 9.17) is 0 Å². The molecule has 2 aliphatic rings. The van der Waals surface area contributed by atoms with Gasteiger partial charge in [-0.05, 0) is 25.9 Å². The molecule has 6 heteroatoms. The minimum atomic E-state index is -2.74. The standard InChI is InChI=1S/C11H22N2O2S2/c14-17(15)9-6-13(7-10-17)11-1-3-12(4-2-11)5-8-16/h11,16H,1-10H2. The van der Waals surface area contributed by atoms with Crippen LogP contribution in [0.1, 0.15) is 12.8 Å². The van der Waals surface area contributed by atoms with Crippen LogP contribution in [0.15, 0.2) is 0 Å². The molecular formula is C11H22N2O2S2. The Morgan fingerprint density at radius 2 is 1.65 bits per heavy atom. The highest BCUT2D eigenvalue weighted by molar-refractivity contribution is 7.91. The van der Waals surface area contributed by atoms with Crippen molar-refractivity contribution in [1.29, 1.82) is 0 Å². The smallest absolute Gasteiger partial charge is 0.152 e. The van der Waals surface area contributed by atoms with Crippen molar-refractivity contribution in [3.63, 3.8) is 0 Å². The molecule has 0 saturated carbocycles. The first kappa shape index (κ1) is 13.6. The molecular weight excluding hydrogens is 256 g/mol. The summed E-state index contributed by atoms with van der Waals surface area (Å²) in [6.45, 7) is 4.81. The van der Waals surface area contributed by atoms with E-state index in [0.29, 0.717) is 17.5 Å². The number of likely N-dealkylation sites (tertiary alicyclic amines) is 1. The molecule has 0 aliphatic carbocycles.